The maximum absolute atomic E-state index is 13.1. The van der Waals surface area contributed by atoms with E-state index in [2.05, 4.69) is 0 Å². The first kappa shape index (κ1) is 11.6. The highest BCUT2D eigenvalue weighted by Gasteiger charge is 2.20. The van der Waals surface area contributed by atoms with Crippen LogP contribution in [0.25, 0.3) is 0 Å². The first-order valence-electron chi connectivity index (χ1n) is 4.20. The molecule has 0 amide bonds. The topological polar surface area (TPSA) is 37.3 Å². The summed E-state index contributed by atoms with van der Waals surface area (Å²) in [4.78, 5) is 10.4. The van der Waals surface area contributed by atoms with Gasteiger partial charge in [0.15, 0.2) is 0 Å². The summed E-state index contributed by atoms with van der Waals surface area (Å²) < 4.78 is 38.0. The Kier molecular flexibility index (Phi) is 3.34. The monoisotopic (exact) mass is 218 g/mol. The van der Waals surface area contributed by atoms with Gasteiger partial charge in [-0.1, -0.05) is 6.07 Å². The Balaban J connectivity index is 3.26. The van der Waals surface area contributed by atoms with Gasteiger partial charge in [-0.05, 0) is 24.1 Å². The van der Waals surface area contributed by atoms with E-state index < -0.39 is 30.2 Å². The molecule has 0 heterocycles. The molecule has 0 bridgehead atoms. The number of hydrogen-bond acceptors (Lipinski definition) is 1. The van der Waals surface area contributed by atoms with Crippen LogP contribution >= 0.6 is 0 Å². The van der Waals surface area contributed by atoms with Gasteiger partial charge in [-0.2, -0.15) is 0 Å². The summed E-state index contributed by atoms with van der Waals surface area (Å²) in [6, 6.07) is 2.23. The van der Waals surface area contributed by atoms with Gasteiger partial charge in [0.2, 0.25) is 0 Å². The molecule has 1 rings (SSSR count). The van der Waals surface area contributed by atoms with E-state index in [1.54, 1.807) is 0 Å². The number of aliphatic carboxylic acids is 1. The summed E-state index contributed by atoms with van der Waals surface area (Å²) >= 11 is 0. The van der Waals surface area contributed by atoms with Crippen LogP contribution < -0.4 is 0 Å². The molecule has 1 aromatic rings. The lowest BCUT2D eigenvalue weighted by Crippen LogP contribution is -2.06. The molecule has 1 aromatic carbocycles. The normalized spacial score (nSPS) is 10.7. The second kappa shape index (κ2) is 4.33. The first-order chi connectivity index (χ1) is 6.91. The molecule has 1 N–H and O–H groups in total. The molecular weight excluding hydrogens is 209 g/mol. The molecule has 2 nitrogen and oxygen atoms in total. The average molecular weight is 218 g/mol. The molecule has 0 aliphatic rings. The summed E-state index contributed by atoms with van der Waals surface area (Å²) in [7, 11) is 0. The Morgan fingerprint density at radius 2 is 2.07 bits per heavy atom. The molecule has 0 aliphatic carbocycles. The van der Waals surface area contributed by atoms with Gasteiger partial charge >= 0.3 is 5.97 Å². The zero-order chi connectivity index (χ0) is 11.6. The quantitative estimate of drug-likeness (QED) is 0.846. The number of benzene rings is 1. The Labute approximate surface area is 84.3 Å². The molecule has 0 fully saturated rings. The van der Waals surface area contributed by atoms with Gasteiger partial charge in [0, 0.05) is 0 Å². The molecule has 0 radical (unpaired) electrons. The predicted molar refractivity (Wildman–Crippen MR) is 47.4 cm³/mol. The van der Waals surface area contributed by atoms with Crippen LogP contribution in [-0.2, 0) is 11.2 Å². The maximum Gasteiger partial charge on any atom is 0.307 e. The van der Waals surface area contributed by atoms with Crippen molar-refractivity contribution in [3.8, 4) is 0 Å². The molecule has 0 saturated carbocycles. The summed E-state index contributed by atoms with van der Waals surface area (Å²) in [5.74, 6) is -2.32. The van der Waals surface area contributed by atoms with Crippen LogP contribution in [0.2, 0.25) is 0 Å². The number of rotatable bonds is 3. The molecule has 15 heavy (non-hydrogen) atoms. The highest BCUT2D eigenvalue weighted by molar-refractivity contribution is 5.71. The summed E-state index contributed by atoms with van der Waals surface area (Å²) in [5.41, 5.74) is -0.564. The minimum absolute atomic E-state index is 0.171. The maximum atomic E-state index is 13.1. The van der Waals surface area contributed by atoms with Crippen molar-refractivity contribution in [2.45, 2.75) is 19.8 Å². The highest BCUT2D eigenvalue weighted by atomic mass is 19.3. The Hall–Kier alpha value is -1.52. The molecular formula is C10H9F3O2. The SMILES string of the molecule is Cc1cc(F)c(C(F)F)c(CC(=O)O)c1. The molecule has 5 heteroatoms. The molecule has 0 saturated heterocycles. The minimum Gasteiger partial charge on any atom is -0.481 e. The predicted octanol–water partition coefficient (Wildman–Crippen LogP) is 2.70. The lowest BCUT2D eigenvalue weighted by Gasteiger charge is -2.09. The zero-order valence-corrected chi connectivity index (χ0v) is 7.93. The summed E-state index contributed by atoms with van der Waals surface area (Å²) in [6.45, 7) is 1.52. The second-order valence-corrected chi connectivity index (χ2v) is 3.19. The van der Waals surface area contributed by atoms with Crippen LogP contribution in [0, 0.1) is 12.7 Å². The van der Waals surface area contributed by atoms with Gasteiger partial charge < -0.3 is 5.11 Å². The van der Waals surface area contributed by atoms with Gasteiger partial charge in [0.05, 0.1) is 12.0 Å². The van der Waals surface area contributed by atoms with Crippen LogP contribution in [0.5, 0.6) is 0 Å². The molecule has 0 aromatic heterocycles. The summed E-state index contributed by atoms with van der Waals surface area (Å²) in [5, 5.41) is 8.49. The number of alkyl halides is 2. The number of carboxylic acid groups (broad SMARTS) is 1. The van der Waals surface area contributed by atoms with E-state index >= 15 is 0 Å². The Bertz CT molecular complexity index is 388. The lowest BCUT2D eigenvalue weighted by atomic mass is 10.0. The number of carboxylic acids is 1. The minimum atomic E-state index is -3.00. The standard InChI is InChI=1S/C10H9F3O2/c1-5-2-6(4-8(14)15)9(10(12)13)7(11)3-5/h2-3,10H,4H2,1H3,(H,14,15). The molecule has 82 valence electrons. The third-order valence-electron chi connectivity index (χ3n) is 1.92. The van der Waals surface area contributed by atoms with Crippen molar-refractivity contribution in [3.05, 3.63) is 34.6 Å². The zero-order valence-electron chi connectivity index (χ0n) is 7.93. The van der Waals surface area contributed by atoms with E-state index in [9.17, 15) is 18.0 Å². The van der Waals surface area contributed by atoms with E-state index in [1.165, 1.54) is 13.0 Å². The third kappa shape index (κ3) is 2.71. The van der Waals surface area contributed by atoms with Gasteiger partial charge in [0.1, 0.15) is 5.82 Å². The fourth-order valence-corrected chi connectivity index (χ4v) is 1.38. The van der Waals surface area contributed by atoms with E-state index in [1.807, 2.05) is 0 Å². The van der Waals surface area contributed by atoms with Gasteiger partial charge in [0.25, 0.3) is 6.43 Å². The lowest BCUT2D eigenvalue weighted by molar-refractivity contribution is -0.136. The number of halogens is 3. The van der Waals surface area contributed by atoms with Crippen LogP contribution in [0.15, 0.2) is 12.1 Å². The van der Waals surface area contributed by atoms with Gasteiger partial charge in [-0.25, -0.2) is 13.2 Å². The van der Waals surface area contributed by atoms with Crippen LogP contribution in [0.1, 0.15) is 23.1 Å². The number of hydrogen-bond donors (Lipinski definition) is 1. The smallest absolute Gasteiger partial charge is 0.307 e. The van der Waals surface area contributed by atoms with Crippen molar-refractivity contribution in [2.24, 2.45) is 0 Å². The van der Waals surface area contributed by atoms with Crippen molar-refractivity contribution in [3.63, 3.8) is 0 Å². The number of aryl methyl sites for hydroxylation is 1. The molecule has 0 unspecified atom stereocenters. The number of carbonyl (C=O) groups is 1. The average Bonchev–Trinajstić information content (AvgIpc) is 1.99. The Morgan fingerprint density at radius 1 is 1.47 bits per heavy atom. The first-order valence-corrected chi connectivity index (χ1v) is 4.20. The van der Waals surface area contributed by atoms with Crippen LogP contribution in [-0.4, -0.2) is 11.1 Å². The van der Waals surface area contributed by atoms with Gasteiger partial charge in [-0.3, -0.25) is 4.79 Å². The fourth-order valence-electron chi connectivity index (χ4n) is 1.38. The van der Waals surface area contributed by atoms with Crippen molar-refractivity contribution in [2.75, 3.05) is 0 Å². The largest absolute Gasteiger partial charge is 0.481 e. The van der Waals surface area contributed by atoms with E-state index in [0.29, 0.717) is 5.56 Å². The van der Waals surface area contributed by atoms with Gasteiger partial charge in [-0.15, -0.1) is 0 Å². The van der Waals surface area contributed by atoms with E-state index in [4.69, 9.17) is 5.11 Å². The van der Waals surface area contributed by atoms with Crippen LogP contribution in [0.4, 0.5) is 13.2 Å². The van der Waals surface area contributed by atoms with Crippen LogP contribution in [0.3, 0.4) is 0 Å². The van der Waals surface area contributed by atoms with Crippen molar-refractivity contribution < 1.29 is 23.1 Å². The van der Waals surface area contributed by atoms with E-state index in [0.717, 1.165) is 6.07 Å². The Morgan fingerprint density at radius 3 is 2.53 bits per heavy atom. The van der Waals surface area contributed by atoms with Crippen molar-refractivity contribution >= 4 is 5.97 Å². The molecule has 0 spiro atoms. The second-order valence-electron chi connectivity index (χ2n) is 3.19. The highest BCUT2D eigenvalue weighted by Crippen LogP contribution is 2.27. The fraction of sp³-hybridized carbons (Fsp3) is 0.300. The summed E-state index contributed by atoms with van der Waals surface area (Å²) in [6.07, 6.45) is -3.60. The molecule has 0 aliphatic heterocycles. The van der Waals surface area contributed by atoms with Crippen molar-refractivity contribution in [1.82, 2.24) is 0 Å². The van der Waals surface area contributed by atoms with E-state index in [-0.39, 0.29) is 5.56 Å². The third-order valence-corrected chi connectivity index (χ3v) is 1.92. The van der Waals surface area contributed by atoms with Crippen molar-refractivity contribution in [1.29, 1.82) is 0 Å². The molecule has 0 atom stereocenters.